The average Bonchev–Trinajstić information content (AvgIpc) is 3.42. The molecule has 1 atom stereocenters. The monoisotopic (exact) mass is 530 g/mol. The SMILES string of the molecule is CN(C)c1nc2nc(C3=C[C@H](c4cnn(C5CC5)c4)OCC3)nc(-c3ccc(C(F)(F)F)cc3F)c2s1. The maximum atomic E-state index is 15.1. The number of anilines is 1. The van der Waals surface area contributed by atoms with E-state index in [0.29, 0.717) is 46.4 Å². The first-order valence-corrected chi connectivity index (χ1v) is 12.6. The number of halogens is 4. The van der Waals surface area contributed by atoms with Gasteiger partial charge in [0.15, 0.2) is 16.6 Å². The minimum absolute atomic E-state index is 0.0366. The summed E-state index contributed by atoms with van der Waals surface area (Å²) in [4.78, 5) is 15.7. The van der Waals surface area contributed by atoms with E-state index in [1.54, 1.807) is 11.1 Å². The number of aromatic nitrogens is 5. The first-order valence-electron chi connectivity index (χ1n) is 11.8. The Morgan fingerprint density at radius 3 is 2.65 bits per heavy atom. The Morgan fingerprint density at radius 1 is 1.14 bits per heavy atom. The van der Waals surface area contributed by atoms with Crippen LogP contribution in [0.5, 0.6) is 0 Å². The molecule has 4 aromatic rings. The number of hydrogen-bond acceptors (Lipinski definition) is 7. The Kier molecular flexibility index (Phi) is 5.75. The molecule has 12 heteroatoms. The van der Waals surface area contributed by atoms with E-state index >= 15 is 4.39 Å². The van der Waals surface area contributed by atoms with Gasteiger partial charge in [0.25, 0.3) is 0 Å². The zero-order chi connectivity index (χ0) is 25.9. The van der Waals surface area contributed by atoms with Gasteiger partial charge in [-0.15, -0.1) is 0 Å². The van der Waals surface area contributed by atoms with Crippen LogP contribution < -0.4 is 4.90 Å². The second-order valence-corrected chi connectivity index (χ2v) is 10.3. The first kappa shape index (κ1) is 24.0. The molecular weight excluding hydrogens is 508 g/mol. The van der Waals surface area contributed by atoms with Crippen molar-refractivity contribution in [3.63, 3.8) is 0 Å². The fourth-order valence-electron chi connectivity index (χ4n) is 4.24. The fraction of sp³-hybridized carbons (Fsp3) is 0.360. The van der Waals surface area contributed by atoms with Crippen LogP contribution in [-0.2, 0) is 10.9 Å². The molecule has 0 N–H and O–H groups in total. The Balaban J connectivity index is 1.45. The second-order valence-electron chi connectivity index (χ2n) is 9.35. The molecule has 192 valence electrons. The Labute approximate surface area is 213 Å². The topological polar surface area (TPSA) is 69.0 Å². The van der Waals surface area contributed by atoms with Gasteiger partial charge in [0, 0.05) is 31.4 Å². The predicted octanol–water partition coefficient (Wildman–Crippen LogP) is 6.05. The molecule has 0 bridgehead atoms. The molecule has 1 aromatic carbocycles. The highest BCUT2D eigenvalue weighted by molar-refractivity contribution is 7.22. The molecule has 0 spiro atoms. The van der Waals surface area contributed by atoms with E-state index in [4.69, 9.17) is 4.74 Å². The molecule has 3 aromatic heterocycles. The lowest BCUT2D eigenvalue weighted by molar-refractivity contribution is -0.137. The maximum absolute atomic E-state index is 15.1. The van der Waals surface area contributed by atoms with Gasteiger partial charge in [-0.2, -0.15) is 23.3 Å². The van der Waals surface area contributed by atoms with E-state index < -0.39 is 17.6 Å². The predicted molar refractivity (Wildman–Crippen MR) is 132 cm³/mol. The molecule has 1 aliphatic heterocycles. The van der Waals surface area contributed by atoms with E-state index in [1.165, 1.54) is 11.3 Å². The molecule has 0 amide bonds. The average molecular weight is 531 g/mol. The molecular formula is C25H22F4N6OS. The van der Waals surface area contributed by atoms with Gasteiger partial charge in [0.1, 0.15) is 16.6 Å². The number of nitrogens with zero attached hydrogens (tertiary/aromatic N) is 6. The Hall–Kier alpha value is -3.38. The lowest BCUT2D eigenvalue weighted by atomic mass is 10.0. The summed E-state index contributed by atoms with van der Waals surface area (Å²) in [5.74, 6) is -0.660. The summed E-state index contributed by atoms with van der Waals surface area (Å²) in [7, 11) is 3.63. The minimum atomic E-state index is -4.65. The van der Waals surface area contributed by atoms with E-state index in [2.05, 4.69) is 20.1 Å². The molecule has 4 heterocycles. The number of thiazole rings is 1. The van der Waals surface area contributed by atoms with Crippen molar-refractivity contribution in [1.29, 1.82) is 0 Å². The highest BCUT2D eigenvalue weighted by Gasteiger charge is 2.32. The van der Waals surface area contributed by atoms with Crippen molar-refractivity contribution in [1.82, 2.24) is 24.7 Å². The zero-order valence-corrected chi connectivity index (χ0v) is 20.8. The number of alkyl halides is 3. The molecule has 6 rings (SSSR count). The normalized spacial score (nSPS) is 18.3. The Bertz CT molecular complexity index is 1520. The quantitative estimate of drug-likeness (QED) is 0.293. The number of ether oxygens (including phenoxy) is 1. The number of rotatable bonds is 5. The van der Waals surface area contributed by atoms with Crippen LogP contribution in [0.25, 0.3) is 27.2 Å². The summed E-state index contributed by atoms with van der Waals surface area (Å²) in [6, 6.07) is 2.93. The van der Waals surface area contributed by atoms with Crippen LogP contribution in [0, 0.1) is 5.82 Å². The lowest BCUT2D eigenvalue weighted by Gasteiger charge is -2.21. The highest BCUT2D eigenvalue weighted by Crippen LogP contribution is 2.40. The summed E-state index contributed by atoms with van der Waals surface area (Å²) in [6.07, 6.45) is 3.47. The second kappa shape index (κ2) is 8.88. The van der Waals surface area contributed by atoms with Crippen LogP contribution in [0.1, 0.15) is 48.4 Å². The fourth-order valence-corrected chi connectivity index (χ4v) is 5.17. The standard InChI is InChI=1S/C25H22F4N6OS/c1-34(2)24-33-23-21(37-24)20(17-6-3-15(10-18(17)26)25(27,28)29)31-22(32-23)13-7-8-36-19(9-13)14-11-30-35(12-14)16-4-5-16/h3,6,9-12,16,19H,4-5,7-8H2,1-2H3/t19-/m1/s1. The van der Waals surface area contributed by atoms with E-state index in [9.17, 15) is 13.2 Å². The molecule has 1 aliphatic carbocycles. The van der Waals surface area contributed by atoms with Crippen LogP contribution in [0.2, 0.25) is 0 Å². The van der Waals surface area contributed by atoms with Gasteiger partial charge in [-0.25, -0.2) is 14.4 Å². The summed E-state index contributed by atoms with van der Waals surface area (Å²) >= 11 is 1.26. The van der Waals surface area contributed by atoms with Gasteiger partial charge in [-0.3, -0.25) is 4.68 Å². The largest absolute Gasteiger partial charge is 0.416 e. The van der Waals surface area contributed by atoms with Crippen LogP contribution in [0.15, 0.2) is 36.7 Å². The molecule has 0 saturated heterocycles. The summed E-state index contributed by atoms with van der Waals surface area (Å²) in [5.41, 5.74) is 1.19. The van der Waals surface area contributed by atoms with Crippen LogP contribution in [0.4, 0.5) is 22.7 Å². The first-order chi connectivity index (χ1) is 17.7. The van der Waals surface area contributed by atoms with Gasteiger partial charge < -0.3 is 9.64 Å². The van der Waals surface area contributed by atoms with Crippen molar-refractivity contribution in [3.05, 3.63) is 59.4 Å². The van der Waals surface area contributed by atoms with Crippen LogP contribution in [-0.4, -0.2) is 45.4 Å². The van der Waals surface area contributed by atoms with Crippen molar-refractivity contribution in [2.75, 3.05) is 25.6 Å². The van der Waals surface area contributed by atoms with Crippen LogP contribution >= 0.6 is 11.3 Å². The number of benzene rings is 1. The molecule has 37 heavy (non-hydrogen) atoms. The lowest BCUT2D eigenvalue weighted by Crippen LogP contribution is -2.12. The van der Waals surface area contributed by atoms with E-state index in [-0.39, 0.29) is 17.4 Å². The van der Waals surface area contributed by atoms with E-state index in [0.717, 1.165) is 36.1 Å². The van der Waals surface area contributed by atoms with Crippen LogP contribution in [0.3, 0.4) is 0 Å². The van der Waals surface area contributed by atoms with Gasteiger partial charge >= 0.3 is 6.18 Å². The molecule has 2 aliphatic rings. The van der Waals surface area contributed by atoms with Crippen molar-refractivity contribution in [3.8, 4) is 11.3 Å². The maximum Gasteiger partial charge on any atom is 0.416 e. The third-order valence-electron chi connectivity index (χ3n) is 6.36. The van der Waals surface area contributed by atoms with E-state index in [1.807, 2.05) is 31.1 Å². The molecule has 1 saturated carbocycles. The van der Waals surface area contributed by atoms with Crippen molar-refractivity contribution in [2.45, 2.75) is 37.6 Å². The molecule has 7 nitrogen and oxygen atoms in total. The molecule has 0 radical (unpaired) electrons. The van der Waals surface area contributed by atoms with Gasteiger partial charge in [0.2, 0.25) is 0 Å². The van der Waals surface area contributed by atoms with Gasteiger partial charge in [-0.05, 0) is 49.1 Å². The smallest absolute Gasteiger partial charge is 0.369 e. The van der Waals surface area contributed by atoms with Gasteiger partial charge in [-0.1, -0.05) is 11.3 Å². The van der Waals surface area contributed by atoms with Crippen molar-refractivity contribution in [2.24, 2.45) is 0 Å². The third kappa shape index (κ3) is 4.59. The summed E-state index contributed by atoms with van der Waals surface area (Å²) in [5, 5.41) is 5.07. The van der Waals surface area contributed by atoms with Crippen molar-refractivity contribution < 1.29 is 22.3 Å². The number of hydrogen-bond donors (Lipinski definition) is 0. The molecule has 1 fully saturated rings. The summed E-state index contributed by atoms with van der Waals surface area (Å²) in [6.45, 7) is 0.427. The van der Waals surface area contributed by atoms with Crippen molar-refractivity contribution >= 4 is 32.4 Å². The Morgan fingerprint density at radius 2 is 1.95 bits per heavy atom. The highest BCUT2D eigenvalue weighted by atomic mass is 32.1. The number of fused-ring (bicyclic) bond motifs is 1. The third-order valence-corrected chi connectivity index (χ3v) is 7.58. The summed E-state index contributed by atoms with van der Waals surface area (Å²) < 4.78 is 62.9. The zero-order valence-electron chi connectivity index (χ0n) is 20.0. The molecule has 0 unspecified atom stereocenters. The minimum Gasteiger partial charge on any atom is -0.369 e. The van der Waals surface area contributed by atoms with Gasteiger partial charge in [0.05, 0.1) is 30.1 Å².